The molecule has 0 unspecified atom stereocenters. The van der Waals surface area contributed by atoms with Crippen LogP contribution in [0.15, 0.2) is 24.3 Å². The molecule has 31 heavy (non-hydrogen) atoms. The molecule has 0 spiro atoms. The number of piperidine rings is 1. The lowest BCUT2D eigenvalue weighted by Crippen LogP contribution is -2.44. The van der Waals surface area contributed by atoms with Gasteiger partial charge in [0.25, 0.3) is 0 Å². The van der Waals surface area contributed by atoms with Gasteiger partial charge >= 0.3 is 6.09 Å². The molecule has 1 aliphatic heterocycles. The van der Waals surface area contributed by atoms with Gasteiger partial charge in [-0.1, -0.05) is 32.0 Å². The van der Waals surface area contributed by atoms with Gasteiger partial charge in [-0.3, -0.25) is 0 Å². The van der Waals surface area contributed by atoms with Crippen molar-refractivity contribution in [3.8, 4) is 0 Å². The summed E-state index contributed by atoms with van der Waals surface area (Å²) in [4.78, 5) is 14.0. The van der Waals surface area contributed by atoms with Crippen molar-refractivity contribution in [2.24, 2.45) is 17.6 Å². The van der Waals surface area contributed by atoms with E-state index in [1.165, 1.54) is 25.7 Å². The predicted molar refractivity (Wildman–Crippen MR) is 123 cm³/mol. The molecule has 1 saturated heterocycles. The standard InChI is InChI=1S/C25H37N3O3/c1-17(2)18-7-9-19(10-8-18)27-13-11-20(12-14-27)28-23-6-4-3-5-21(23)22(15-29)24(28)16-31-25(26)30/h3-6,17-20,29H,7-16H2,1-2H3,(H2,26,30). The number of aliphatic hydroxyl groups is 1. The number of para-hydroxylation sites is 1. The zero-order valence-electron chi connectivity index (χ0n) is 18.9. The fraction of sp³-hybridized carbons (Fsp3) is 0.640. The van der Waals surface area contributed by atoms with Gasteiger partial charge in [0.05, 0.1) is 12.3 Å². The summed E-state index contributed by atoms with van der Waals surface area (Å²) < 4.78 is 7.48. The smallest absolute Gasteiger partial charge is 0.404 e. The molecule has 2 aliphatic rings. The molecular formula is C25H37N3O3. The van der Waals surface area contributed by atoms with E-state index in [-0.39, 0.29) is 13.2 Å². The fourth-order valence-corrected chi connectivity index (χ4v) is 5.92. The van der Waals surface area contributed by atoms with Crippen LogP contribution in [0.1, 0.15) is 69.7 Å². The van der Waals surface area contributed by atoms with Crippen molar-refractivity contribution < 1.29 is 14.6 Å². The molecule has 0 bridgehead atoms. The number of carbonyl (C=O) groups excluding carboxylic acids is 1. The first-order chi connectivity index (χ1) is 15.0. The summed E-state index contributed by atoms with van der Waals surface area (Å²) >= 11 is 0. The van der Waals surface area contributed by atoms with Crippen LogP contribution in [0.25, 0.3) is 10.9 Å². The minimum Gasteiger partial charge on any atom is -0.443 e. The number of aromatic nitrogens is 1. The highest BCUT2D eigenvalue weighted by molar-refractivity contribution is 5.85. The van der Waals surface area contributed by atoms with Crippen LogP contribution in [-0.2, 0) is 18.0 Å². The monoisotopic (exact) mass is 427 g/mol. The van der Waals surface area contributed by atoms with Crippen molar-refractivity contribution in [3.05, 3.63) is 35.5 Å². The number of amides is 1. The van der Waals surface area contributed by atoms with E-state index in [1.807, 2.05) is 18.2 Å². The lowest BCUT2D eigenvalue weighted by atomic mass is 9.79. The van der Waals surface area contributed by atoms with Gasteiger partial charge in [0.1, 0.15) is 6.61 Å². The normalized spacial score (nSPS) is 23.5. The zero-order valence-corrected chi connectivity index (χ0v) is 18.9. The van der Waals surface area contributed by atoms with Crippen molar-refractivity contribution in [1.29, 1.82) is 0 Å². The number of aliphatic hydroxyl groups excluding tert-OH is 1. The van der Waals surface area contributed by atoms with Gasteiger partial charge in [0.2, 0.25) is 0 Å². The SMILES string of the molecule is CC(C)C1CCC(N2CCC(n3c(COC(N)=O)c(CO)c4ccccc43)CC2)CC1. The van der Waals surface area contributed by atoms with E-state index in [4.69, 9.17) is 10.5 Å². The van der Waals surface area contributed by atoms with Crippen molar-refractivity contribution in [2.45, 2.75) is 77.7 Å². The molecule has 1 saturated carbocycles. The van der Waals surface area contributed by atoms with Crippen molar-refractivity contribution in [3.63, 3.8) is 0 Å². The number of likely N-dealkylation sites (tertiary alicyclic amines) is 1. The van der Waals surface area contributed by atoms with Crippen LogP contribution >= 0.6 is 0 Å². The highest BCUT2D eigenvalue weighted by Crippen LogP contribution is 2.37. The number of fused-ring (bicyclic) bond motifs is 1. The van der Waals surface area contributed by atoms with Crippen molar-refractivity contribution in [2.75, 3.05) is 13.1 Å². The van der Waals surface area contributed by atoms with E-state index in [9.17, 15) is 9.90 Å². The number of nitrogens with zero attached hydrogens (tertiary/aromatic N) is 2. The van der Waals surface area contributed by atoms with E-state index in [2.05, 4.69) is 29.4 Å². The number of primary amides is 1. The predicted octanol–water partition coefficient (Wildman–Crippen LogP) is 4.58. The number of carbonyl (C=O) groups is 1. The third kappa shape index (κ3) is 4.60. The summed E-state index contributed by atoms with van der Waals surface area (Å²) in [5.74, 6) is 1.69. The summed E-state index contributed by atoms with van der Waals surface area (Å²) in [6.07, 6.45) is 6.72. The van der Waals surface area contributed by atoms with Gasteiger partial charge in [-0.25, -0.2) is 4.79 Å². The third-order valence-corrected chi connectivity index (χ3v) is 7.70. The van der Waals surface area contributed by atoms with Gasteiger partial charge in [0.15, 0.2) is 0 Å². The average Bonchev–Trinajstić information content (AvgIpc) is 3.11. The van der Waals surface area contributed by atoms with Gasteiger partial charge in [-0.05, 0) is 56.4 Å². The maximum atomic E-state index is 11.3. The molecule has 1 aromatic carbocycles. The molecule has 0 atom stereocenters. The van der Waals surface area contributed by atoms with Crippen LogP contribution in [0.3, 0.4) is 0 Å². The number of hydrogen-bond donors (Lipinski definition) is 2. The molecule has 6 nitrogen and oxygen atoms in total. The Hall–Kier alpha value is -2.05. The Balaban J connectivity index is 1.51. The molecule has 1 amide bonds. The Kier molecular flexibility index (Phi) is 6.87. The molecule has 2 heterocycles. The Morgan fingerprint density at radius 3 is 2.39 bits per heavy atom. The van der Waals surface area contributed by atoms with Gasteiger partial charge in [-0.2, -0.15) is 0 Å². The minimum atomic E-state index is -0.785. The van der Waals surface area contributed by atoms with Crippen molar-refractivity contribution in [1.82, 2.24) is 9.47 Å². The minimum absolute atomic E-state index is 0.0805. The number of benzene rings is 1. The van der Waals surface area contributed by atoms with Crippen LogP contribution < -0.4 is 5.73 Å². The molecule has 0 radical (unpaired) electrons. The maximum absolute atomic E-state index is 11.3. The van der Waals surface area contributed by atoms with E-state index in [0.29, 0.717) is 6.04 Å². The van der Waals surface area contributed by atoms with Gasteiger partial charge in [0, 0.05) is 41.6 Å². The molecule has 2 fully saturated rings. The molecule has 4 rings (SSSR count). The second kappa shape index (κ2) is 9.61. The second-order valence-electron chi connectivity index (χ2n) is 9.66. The van der Waals surface area contributed by atoms with E-state index < -0.39 is 6.09 Å². The van der Waals surface area contributed by atoms with E-state index in [1.54, 1.807) is 0 Å². The first-order valence-corrected chi connectivity index (χ1v) is 11.9. The Morgan fingerprint density at radius 2 is 1.77 bits per heavy atom. The Morgan fingerprint density at radius 1 is 1.10 bits per heavy atom. The first kappa shape index (κ1) is 22.2. The van der Waals surface area contributed by atoms with E-state index in [0.717, 1.165) is 66.0 Å². The first-order valence-electron chi connectivity index (χ1n) is 11.9. The van der Waals surface area contributed by atoms with Crippen molar-refractivity contribution >= 4 is 17.0 Å². The molecule has 3 N–H and O–H groups in total. The Labute approximate surface area is 185 Å². The Bertz CT molecular complexity index is 891. The molecule has 1 aliphatic carbocycles. The van der Waals surface area contributed by atoms with Crippen LogP contribution in [0.5, 0.6) is 0 Å². The number of hydrogen-bond acceptors (Lipinski definition) is 4. The topological polar surface area (TPSA) is 80.7 Å². The summed E-state index contributed by atoms with van der Waals surface area (Å²) in [7, 11) is 0. The number of rotatable bonds is 6. The van der Waals surface area contributed by atoms with Crippen LogP contribution in [0.4, 0.5) is 4.79 Å². The van der Waals surface area contributed by atoms with Crippen LogP contribution in [0, 0.1) is 11.8 Å². The molecule has 2 aromatic rings. The highest BCUT2D eigenvalue weighted by Gasteiger charge is 2.32. The molecular weight excluding hydrogens is 390 g/mol. The average molecular weight is 428 g/mol. The van der Waals surface area contributed by atoms with Crippen LogP contribution in [0.2, 0.25) is 0 Å². The molecule has 6 heteroatoms. The second-order valence-corrected chi connectivity index (χ2v) is 9.66. The lowest BCUT2D eigenvalue weighted by Gasteiger charge is -2.42. The maximum Gasteiger partial charge on any atom is 0.404 e. The molecule has 1 aromatic heterocycles. The summed E-state index contributed by atoms with van der Waals surface area (Å²) in [5.41, 5.74) is 8.06. The molecule has 170 valence electrons. The quantitative estimate of drug-likeness (QED) is 0.707. The summed E-state index contributed by atoms with van der Waals surface area (Å²) in [6.45, 7) is 6.93. The fourth-order valence-electron chi connectivity index (χ4n) is 5.92. The largest absolute Gasteiger partial charge is 0.443 e. The zero-order chi connectivity index (χ0) is 22.0. The third-order valence-electron chi connectivity index (χ3n) is 7.70. The van der Waals surface area contributed by atoms with E-state index >= 15 is 0 Å². The highest BCUT2D eigenvalue weighted by atomic mass is 16.5. The number of nitrogens with two attached hydrogens (primary N) is 1. The van der Waals surface area contributed by atoms with Gasteiger partial charge < -0.3 is 25.0 Å². The summed E-state index contributed by atoms with van der Waals surface area (Å²) in [5, 5.41) is 11.1. The van der Waals surface area contributed by atoms with Crippen LogP contribution in [-0.4, -0.2) is 39.8 Å². The van der Waals surface area contributed by atoms with Gasteiger partial charge in [-0.15, -0.1) is 0 Å². The number of ether oxygens (including phenoxy) is 1. The summed E-state index contributed by atoms with van der Waals surface area (Å²) in [6, 6.07) is 9.21. The lowest BCUT2D eigenvalue weighted by molar-refractivity contribution is 0.0874.